The average Bonchev–Trinajstić information content (AvgIpc) is 3.41. The summed E-state index contributed by atoms with van der Waals surface area (Å²) in [6.07, 6.45) is 3.73. The van der Waals surface area contributed by atoms with Crippen molar-refractivity contribution < 1.29 is 9.53 Å². The first-order chi connectivity index (χ1) is 14.1. The smallest absolute Gasteiger partial charge is 0.263 e. The SMILES string of the molecule is Cc1ccn(CC2CCCO2)c(=O)c1C(=O)NCc1nc(-c2ccccc2)cs1. The predicted molar refractivity (Wildman–Crippen MR) is 113 cm³/mol. The third-order valence-electron chi connectivity index (χ3n) is 5.05. The van der Waals surface area contributed by atoms with E-state index in [1.54, 1.807) is 17.7 Å². The maximum Gasteiger partial charge on any atom is 0.263 e. The minimum absolute atomic E-state index is 0.0399. The average molecular weight is 410 g/mol. The number of pyridine rings is 1. The van der Waals surface area contributed by atoms with Gasteiger partial charge in [-0.05, 0) is 31.4 Å². The number of rotatable bonds is 6. The Hall–Kier alpha value is -2.77. The van der Waals surface area contributed by atoms with Gasteiger partial charge in [0, 0.05) is 23.7 Å². The molecule has 1 atom stereocenters. The summed E-state index contributed by atoms with van der Waals surface area (Å²) < 4.78 is 7.20. The molecule has 3 heterocycles. The number of amides is 1. The van der Waals surface area contributed by atoms with E-state index in [4.69, 9.17) is 4.74 Å². The minimum Gasteiger partial charge on any atom is -0.376 e. The van der Waals surface area contributed by atoms with Crippen LogP contribution in [0.2, 0.25) is 0 Å². The zero-order valence-corrected chi connectivity index (χ0v) is 17.1. The topological polar surface area (TPSA) is 73.2 Å². The number of hydrogen-bond acceptors (Lipinski definition) is 5. The lowest BCUT2D eigenvalue weighted by Crippen LogP contribution is -2.35. The van der Waals surface area contributed by atoms with E-state index in [0.717, 1.165) is 35.7 Å². The van der Waals surface area contributed by atoms with Gasteiger partial charge in [-0.3, -0.25) is 9.59 Å². The monoisotopic (exact) mass is 409 g/mol. The van der Waals surface area contributed by atoms with Gasteiger partial charge in [0.05, 0.1) is 24.9 Å². The molecule has 1 N–H and O–H groups in total. The van der Waals surface area contributed by atoms with Crippen LogP contribution >= 0.6 is 11.3 Å². The van der Waals surface area contributed by atoms with Crippen molar-refractivity contribution in [3.8, 4) is 11.3 Å². The number of hydrogen-bond donors (Lipinski definition) is 1. The third kappa shape index (κ3) is 4.46. The molecule has 150 valence electrons. The molecule has 0 bridgehead atoms. The van der Waals surface area contributed by atoms with E-state index in [1.807, 2.05) is 41.8 Å². The summed E-state index contributed by atoms with van der Waals surface area (Å²) in [5.41, 5.74) is 2.50. The fourth-order valence-corrected chi connectivity index (χ4v) is 4.21. The summed E-state index contributed by atoms with van der Waals surface area (Å²) in [6, 6.07) is 11.7. The minimum atomic E-state index is -0.370. The molecule has 0 radical (unpaired) electrons. The summed E-state index contributed by atoms with van der Waals surface area (Å²) in [5.74, 6) is -0.370. The Bertz CT molecular complexity index is 1050. The molecule has 6 nitrogen and oxygen atoms in total. The molecular weight excluding hydrogens is 386 g/mol. The number of carbonyl (C=O) groups is 1. The molecule has 0 saturated carbocycles. The lowest BCUT2D eigenvalue weighted by Gasteiger charge is -2.14. The highest BCUT2D eigenvalue weighted by Gasteiger charge is 2.20. The predicted octanol–water partition coefficient (Wildman–Crippen LogP) is 3.39. The van der Waals surface area contributed by atoms with Crippen LogP contribution in [0.4, 0.5) is 0 Å². The zero-order valence-electron chi connectivity index (χ0n) is 16.3. The van der Waals surface area contributed by atoms with E-state index < -0.39 is 0 Å². The third-order valence-corrected chi connectivity index (χ3v) is 5.90. The molecule has 1 amide bonds. The van der Waals surface area contributed by atoms with E-state index in [0.29, 0.717) is 12.1 Å². The van der Waals surface area contributed by atoms with Crippen molar-refractivity contribution in [2.45, 2.75) is 39.0 Å². The molecule has 4 rings (SSSR count). The Morgan fingerprint density at radius 3 is 2.90 bits per heavy atom. The van der Waals surface area contributed by atoms with Crippen molar-refractivity contribution in [3.05, 3.63) is 74.5 Å². The highest BCUT2D eigenvalue weighted by atomic mass is 32.1. The van der Waals surface area contributed by atoms with E-state index >= 15 is 0 Å². The number of thiazole rings is 1. The number of ether oxygens (including phenoxy) is 1. The molecule has 1 fully saturated rings. The van der Waals surface area contributed by atoms with Crippen LogP contribution < -0.4 is 10.9 Å². The van der Waals surface area contributed by atoms with Crippen LogP contribution in [0.5, 0.6) is 0 Å². The van der Waals surface area contributed by atoms with Crippen LogP contribution in [0.3, 0.4) is 0 Å². The Balaban J connectivity index is 1.46. The fraction of sp³-hybridized carbons (Fsp3) is 0.318. The van der Waals surface area contributed by atoms with Gasteiger partial charge in [0.1, 0.15) is 10.6 Å². The Labute approximate surface area is 173 Å². The van der Waals surface area contributed by atoms with Gasteiger partial charge in [0.15, 0.2) is 0 Å². The quantitative estimate of drug-likeness (QED) is 0.677. The van der Waals surface area contributed by atoms with E-state index in [-0.39, 0.29) is 29.7 Å². The van der Waals surface area contributed by atoms with Gasteiger partial charge >= 0.3 is 0 Å². The summed E-state index contributed by atoms with van der Waals surface area (Å²) in [6.45, 7) is 3.28. The molecule has 2 aromatic heterocycles. The second-order valence-corrected chi connectivity index (χ2v) is 8.08. The summed E-state index contributed by atoms with van der Waals surface area (Å²) in [7, 11) is 0. The van der Waals surface area contributed by atoms with Gasteiger partial charge in [-0.25, -0.2) is 4.98 Å². The molecule has 1 unspecified atom stereocenters. The van der Waals surface area contributed by atoms with Crippen LogP contribution in [-0.4, -0.2) is 28.2 Å². The van der Waals surface area contributed by atoms with E-state index in [1.165, 1.54) is 11.3 Å². The number of aromatic nitrogens is 2. The maximum absolute atomic E-state index is 12.9. The summed E-state index contributed by atoms with van der Waals surface area (Å²) in [5, 5.41) is 5.62. The molecule has 1 saturated heterocycles. The van der Waals surface area contributed by atoms with Gasteiger partial charge in [0.25, 0.3) is 11.5 Å². The largest absolute Gasteiger partial charge is 0.376 e. The zero-order chi connectivity index (χ0) is 20.2. The standard InChI is InChI=1S/C22H23N3O3S/c1-15-9-10-25(13-17-8-5-11-28-17)22(27)20(15)21(26)23-12-19-24-18(14-29-19)16-6-3-2-4-7-16/h2-4,6-7,9-10,14,17H,5,8,11-13H2,1H3,(H,23,26). The second kappa shape index (κ2) is 8.71. The number of benzene rings is 1. The van der Waals surface area contributed by atoms with Gasteiger partial charge in [-0.15, -0.1) is 11.3 Å². The number of carbonyl (C=O) groups excluding carboxylic acids is 1. The van der Waals surface area contributed by atoms with Gasteiger partial charge in [0.2, 0.25) is 0 Å². The van der Waals surface area contributed by atoms with Gasteiger partial charge in [-0.1, -0.05) is 30.3 Å². The van der Waals surface area contributed by atoms with Crippen LogP contribution in [0.25, 0.3) is 11.3 Å². The van der Waals surface area contributed by atoms with Crippen molar-refractivity contribution in [1.82, 2.24) is 14.9 Å². The highest BCUT2D eigenvalue weighted by Crippen LogP contribution is 2.21. The lowest BCUT2D eigenvalue weighted by atomic mass is 10.1. The Kier molecular flexibility index (Phi) is 5.87. The molecule has 29 heavy (non-hydrogen) atoms. The fourth-order valence-electron chi connectivity index (χ4n) is 3.47. The second-order valence-electron chi connectivity index (χ2n) is 7.14. The first-order valence-electron chi connectivity index (χ1n) is 9.71. The number of aryl methyl sites for hydroxylation is 1. The lowest BCUT2D eigenvalue weighted by molar-refractivity contribution is 0.0928. The Morgan fingerprint density at radius 1 is 1.31 bits per heavy atom. The molecule has 0 aliphatic carbocycles. The normalized spacial score (nSPS) is 16.1. The molecular formula is C22H23N3O3S. The van der Waals surface area contributed by atoms with Crippen molar-refractivity contribution in [1.29, 1.82) is 0 Å². The van der Waals surface area contributed by atoms with Crippen molar-refractivity contribution >= 4 is 17.2 Å². The first-order valence-corrected chi connectivity index (χ1v) is 10.6. The van der Waals surface area contributed by atoms with Crippen molar-refractivity contribution in [3.63, 3.8) is 0 Å². The van der Waals surface area contributed by atoms with Crippen LogP contribution in [0.15, 0.2) is 52.8 Å². The summed E-state index contributed by atoms with van der Waals surface area (Å²) >= 11 is 1.49. The van der Waals surface area contributed by atoms with Crippen molar-refractivity contribution in [2.75, 3.05) is 6.61 Å². The summed E-state index contributed by atoms with van der Waals surface area (Å²) in [4.78, 5) is 30.2. The van der Waals surface area contributed by atoms with Crippen LogP contribution in [-0.2, 0) is 17.8 Å². The van der Waals surface area contributed by atoms with Crippen LogP contribution in [0, 0.1) is 6.92 Å². The molecule has 3 aromatic rings. The van der Waals surface area contributed by atoms with E-state index in [9.17, 15) is 9.59 Å². The molecule has 1 aliphatic heterocycles. The number of nitrogens with zero attached hydrogens (tertiary/aromatic N) is 2. The maximum atomic E-state index is 12.9. The Morgan fingerprint density at radius 2 is 2.14 bits per heavy atom. The van der Waals surface area contributed by atoms with Crippen LogP contribution in [0.1, 0.15) is 33.8 Å². The molecule has 7 heteroatoms. The first kappa shape index (κ1) is 19.5. The van der Waals surface area contributed by atoms with Gasteiger partial charge in [-0.2, -0.15) is 0 Å². The molecule has 1 aliphatic rings. The van der Waals surface area contributed by atoms with Crippen molar-refractivity contribution in [2.24, 2.45) is 0 Å². The van der Waals surface area contributed by atoms with E-state index in [2.05, 4.69) is 10.3 Å². The van der Waals surface area contributed by atoms with Gasteiger partial charge < -0.3 is 14.6 Å². The molecule has 0 spiro atoms. The molecule has 1 aromatic carbocycles. The highest BCUT2D eigenvalue weighted by molar-refractivity contribution is 7.09. The number of nitrogens with one attached hydrogen (secondary N) is 1.